The molecular formula is C19H22BrFN4O3. The Balaban J connectivity index is 2.07. The summed E-state index contributed by atoms with van der Waals surface area (Å²) in [5, 5.41) is 2.90. The molecule has 0 aliphatic carbocycles. The van der Waals surface area contributed by atoms with Crippen molar-refractivity contribution in [2.24, 2.45) is 0 Å². The summed E-state index contributed by atoms with van der Waals surface area (Å²) in [6, 6.07) is 4.51. The van der Waals surface area contributed by atoms with Crippen molar-refractivity contribution in [3.8, 4) is 0 Å². The van der Waals surface area contributed by atoms with Gasteiger partial charge in [0.1, 0.15) is 17.2 Å². The number of hydrogen-bond donors (Lipinski definition) is 2. The number of amides is 1. The maximum atomic E-state index is 14.3. The van der Waals surface area contributed by atoms with Crippen LogP contribution in [0.3, 0.4) is 0 Å². The molecule has 0 spiro atoms. The highest BCUT2D eigenvalue weighted by Crippen LogP contribution is 2.37. The number of nitrogens with two attached hydrogens (primary N) is 1. The predicted molar refractivity (Wildman–Crippen MR) is 111 cm³/mol. The zero-order chi connectivity index (χ0) is 20.8. The number of pyridine rings is 1. The first-order chi connectivity index (χ1) is 13.0. The van der Waals surface area contributed by atoms with Gasteiger partial charge in [0.15, 0.2) is 0 Å². The van der Waals surface area contributed by atoms with Crippen molar-refractivity contribution in [3.05, 3.63) is 44.4 Å². The monoisotopic (exact) mass is 452 g/mol. The van der Waals surface area contributed by atoms with Gasteiger partial charge >= 0.3 is 6.09 Å². The molecule has 7 nitrogen and oxygen atoms in total. The number of carbonyl (C=O) groups excluding carboxylic acids is 1. The van der Waals surface area contributed by atoms with Crippen molar-refractivity contribution < 1.29 is 13.9 Å². The first-order valence-electron chi connectivity index (χ1n) is 8.75. The number of benzene rings is 1. The SMILES string of the molecule is Cc1c(Nc2ccc(Br)cc2F)c(N)c2n(c1=O)CCN2C(=O)OC(C)(C)C. The number of anilines is 4. The molecule has 2 heterocycles. The number of halogens is 2. The van der Waals surface area contributed by atoms with Gasteiger partial charge in [0.05, 0.1) is 17.1 Å². The van der Waals surface area contributed by atoms with Gasteiger partial charge in [-0.1, -0.05) is 15.9 Å². The van der Waals surface area contributed by atoms with Crippen LogP contribution in [-0.2, 0) is 11.3 Å². The summed E-state index contributed by atoms with van der Waals surface area (Å²) in [6.45, 7) is 7.47. The third-order valence-electron chi connectivity index (χ3n) is 4.31. The Labute approximate surface area is 170 Å². The Morgan fingerprint density at radius 1 is 1.32 bits per heavy atom. The number of nitrogens with one attached hydrogen (secondary N) is 1. The third kappa shape index (κ3) is 3.71. The number of fused-ring (bicyclic) bond motifs is 1. The molecular weight excluding hydrogens is 431 g/mol. The molecule has 2 aromatic rings. The highest BCUT2D eigenvalue weighted by Gasteiger charge is 2.33. The Morgan fingerprint density at radius 3 is 2.61 bits per heavy atom. The molecule has 1 aromatic carbocycles. The number of nitrogen functional groups attached to an aromatic ring is 1. The molecule has 1 aliphatic heterocycles. The minimum atomic E-state index is -0.689. The van der Waals surface area contributed by atoms with Gasteiger partial charge in [-0.05, 0) is 45.9 Å². The highest BCUT2D eigenvalue weighted by atomic mass is 79.9. The van der Waals surface area contributed by atoms with Crippen molar-refractivity contribution in [1.82, 2.24) is 4.57 Å². The number of nitrogens with zero attached hydrogens (tertiary/aromatic N) is 2. The van der Waals surface area contributed by atoms with Crippen molar-refractivity contribution in [1.29, 1.82) is 0 Å². The molecule has 9 heteroatoms. The van der Waals surface area contributed by atoms with Gasteiger partial charge in [0.25, 0.3) is 5.56 Å². The van der Waals surface area contributed by atoms with Crippen LogP contribution in [0.15, 0.2) is 27.5 Å². The predicted octanol–water partition coefficient (Wildman–Crippen LogP) is 4.14. The Morgan fingerprint density at radius 2 is 2.00 bits per heavy atom. The van der Waals surface area contributed by atoms with E-state index in [2.05, 4.69) is 21.2 Å². The second-order valence-corrected chi connectivity index (χ2v) is 8.49. The van der Waals surface area contributed by atoms with Crippen molar-refractivity contribution in [3.63, 3.8) is 0 Å². The van der Waals surface area contributed by atoms with E-state index in [1.54, 1.807) is 33.8 Å². The van der Waals surface area contributed by atoms with Gasteiger partial charge in [-0.25, -0.2) is 9.18 Å². The fourth-order valence-electron chi connectivity index (χ4n) is 3.05. The lowest BCUT2D eigenvalue weighted by Crippen LogP contribution is -2.36. The molecule has 3 N–H and O–H groups in total. The molecule has 1 amide bonds. The first kappa shape index (κ1) is 20.2. The normalized spacial score (nSPS) is 13.4. The van der Waals surface area contributed by atoms with Gasteiger partial charge < -0.3 is 15.8 Å². The average Bonchev–Trinajstić information content (AvgIpc) is 3.02. The van der Waals surface area contributed by atoms with Gasteiger partial charge in [0, 0.05) is 23.1 Å². The number of hydrogen-bond acceptors (Lipinski definition) is 5. The number of carbonyl (C=O) groups is 1. The van der Waals surface area contributed by atoms with Crippen LogP contribution in [0.5, 0.6) is 0 Å². The van der Waals surface area contributed by atoms with Crippen LogP contribution < -0.4 is 21.5 Å². The first-order valence-corrected chi connectivity index (χ1v) is 9.54. The summed E-state index contributed by atoms with van der Waals surface area (Å²) in [7, 11) is 0. The molecule has 0 saturated carbocycles. The van der Waals surface area contributed by atoms with E-state index in [0.717, 1.165) is 0 Å². The van der Waals surface area contributed by atoms with E-state index < -0.39 is 17.5 Å². The fraction of sp³-hybridized carbons (Fsp3) is 0.368. The zero-order valence-corrected chi connectivity index (χ0v) is 17.7. The average molecular weight is 453 g/mol. The lowest BCUT2D eigenvalue weighted by Gasteiger charge is -2.25. The second kappa shape index (κ2) is 7.12. The van der Waals surface area contributed by atoms with Crippen LogP contribution in [0.25, 0.3) is 0 Å². The molecule has 0 unspecified atom stereocenters. The van der Waals surface area contributed by atoms with E-state index in [1.165, 1.54) is 21.6 Å². The van der Waals surface area contributed by atoms with Crippen LogP contribution in [0.1, 0.15) is 26.3 Å². The molecule has 0 saturated heterocycles. The largest absolute Gasteiger partial charge is 0.443 e. The van der Waals surface area contributed by atoms with Crippen LogP contribution >= 0.6 is 15.9 Å². The van der Waals surface area contributed by atoms with Gasteiger partial charge in [-0.3, -0.25) is 14.3 Å². The van der Waals surface area contributed by atoms with E-state index in [1.807, 2.05) is 0 Å². The number of rotatable bonds is 2. The van der Waals surface area contributed by atoms with E-state index >= 15 is 0 Å². The molecule has 0 fully saturated rings. The van der Waals surface area contributed by atoms with Gasteiger partial charge in [-0.15, -0.1) is 0 Å². The van der Waals surface area contributed by atoms with Crippen molar-refractivity contribution in [2.75, 3.05) is 22.5 Å². The van der Waals surface area contributed by atoms with E-state index in [4.69, 9.17) is 10.5 Å². The van der Waals surface area contributed by atoms with Crippen LogP contribution in [-0.4, -0.2) is 22.8 Å². The number of aromatic nitrogens is 1. The highest BCUT2D eigenvalue weighted by molar-refractivity contribution is 9.10. The lowest BCUT2D eigenvalue weighted by atomic mass is 10.2. The van der Waals surface area contributed by atoms with Crippen LogP contribution in [0, 0.1) is 12.7 Å². The Hall–Kier alpha value is -2.55. The number of ether oxygens (including phenoxy) is 1. The smallest absolute Gasteiger partial charge is 0.416 e. The topological polar surface area (TPSA) is 89.6 Å². The van der Waals surface area contributed by atoms with E-state index in [9.17, 15) is 14.0 Å². The summed E-state index contributed by atoms with van der Waals surface area (Å²) in [6.07, 6.45) is -0.588. The van der Waals surface area contributed by atoms with Gasteiger partial charge in [0.2, 0.25) is 0 Å². The van der Waals surface area contributed by atoms with Gasteiger partial charge in [-0.2, -0.15) is 0 Å². The van der Waals surface area contributed by atoms with Crippen LogP contribution in [0.2, 0.25) is 0 Å². The minimum absolute atomic E-state index is 0.171. The quantitative estimate of drug-likeness (QED) is 0.714. The van der Waals surface area contributed by atoms with Crippen LogP contribution in [0.4, 0.5) is 32.1 Å². The Bertz CT molecular complexity index is 1010. The molecule has 28 heavy (non-hydrogen) atoms. The van der Waals surface area contributed by atoms with Crippen molar-refractivity contribution >= 4 is 44.9 Å². The maximum absolute atomic E-state index is 14.3. The van der Waals surface area contributed by atoms with E-state index in [0.29, 0.717) is 16.6 Å². The molecule has 0 radical (unpaired) electrons. The molecule has 1 aromatic heterocycles. The molecule has 3 rings (SSSR count). The summed E-state index contributed by atoms with van der Waals surface area (Å²) in [5.74, 6) is -0.248. The standard InChI is InChI=1S/C19H22BrFN4O3/c1-10-15(23-13-6-5-11(20)9-12(13)21)14(22)16-24(17(10)26)7-8-25(16)18(27)28-19(2,3)4/h5-6,9,23H,7-8,22H2,1-4H3. The summed E-state index contributed by atoms with van der Waals surface area (Å²) in [5.41, 5.74) is 6.30. The minimum Gasteiger partial charge on any atom is -0.443 e. The summed E-state index contributed by atoms with van der Waals surface area (Å²) < 4.78 is 21.7. The van der Waals surface area contributed by atoms with Crippen molar-refractivity contribution in [2.45, 2.75) is 39.8 Å². The molecule has 150 valence electrons. The molecule has 0 atom stereocenters. The summed E-state index contributed by atoms with van der Waals surface area (Å²) >= 11 is 3.21. The lowest BCUT2D eigenvalue weighted by molar-refractivity contribution is 0.0584. The molecule has 0 bridgehead atoms. The zero-order valence-electron chi connectivity index (χ0n) is 16.1. The van der Waals surface area contributed by atoms with E-state index in [-0.39, 0.29) is 35.0 Å². The second-order valence-electron chi connectivity index (χ2n) is 7.58. The molecule has 1 aliphatic rings. The fourth-order valence-corrected chi connectivity index (χ4v) is 3.38. The third-order valence-corrected chi connectivity index (χ3v) is 4.81. The summed E-state index contributed by atoms with van der Waals surface area (Å²) in [4.78, 5) is 26.7. The maximum Gasteiger partial charge on any atom is 0.416 e. The Kier molecular flexibility index (Phi) is 5.14.